The van der Waals surface area contributed by atoms with Crippen LogP contribution in [0.2, 0.25) is 0 Å². The van der Waals surface area contributed by atoms with E-state index in [0.717, 1.165) is 11.3 Å². The van der Waals surface area contributed by atoms with E-state index < -0.39 is 12.1 Å². The second-order valence-corrected chi connectivity index (χ2v) is 5.80. The molecule has 0 saturated heterocycles. The molecule has 0 spiro atoms. The summed E-state index contributed by atoms with van der Waals surface area (Å²) in [5.41, 5.74) is 0.816. The molecule has 6 nitrogen and oxygen atoms in total. The minimum absolute atomic E-state index is 0.371. The van der Waals surface area contributed by atoms with Crippen LogP contribution >= 0.6 is 0 Å². The first kappa shape index (κ1) is 19.5. The molecule has 0 aromatic heterocycles. The molecule has 2 N–H and O–H groups in total. The first-order valence-corrected chi connectivity index (χ1v) is 8.63. The Kier molecular flexibility index (Phi) is 7.64. The van der Waals surface area contributed by atoms with Crippen molar-refractivity contribution in [1.82, 2.24) is 15.5 Å². The van der Waals surface area contributed by atoms with Crippen LogP contribution in [0.4, 0.5) is 4.79 Å². The first-order valence-electron chi connectivity index (χ1n) is 8.63. The van der Waals surface area contributed by atoms with Gasteiger partial charge in [0, 0.05) is 13.1 Å². The summed E-state index contributed by atoms with van der Waals surface area (Å²) in [6.45, 7) is 3.21. The van der Waals surface area contributed by atoms with Crippen molar-refractivity contribution in [3.05, 3.63) is 66.2 Å². The van der Waals surface area contributed by atoms with E-state index in [2.05, 4.69) is 10.6 Å². The van der Waals surface area contributed by atoms with Crippen LogP contribution in [-0.4, -0.2) is 43.6 Å². The normalized spacial score (nSPS) is 11.7. The zero-order chi connectivity index (χ0) is 18.8. The number of nitrogens with one attached hydrogen (secondary N) is 2. The second-order valence-electron chi connectivity index (χ2n) is 5.80. The molecular weight excluding hydrogens is 330 g/mol. The highest BCUT2D eigenvalue weighted by atomic mass is 16.5. The van der Waals surface area contributed by atoms with Crippen LogP contribution in [-0.2, 0) is 4.79 Å². The van der Waals surface area contributed by atoms with Crippen LogP contribution in [0.1, 0.15) is 18.5 Å². The minimum atomic E-state index is -0.585. The Morgan fingerprint density at radius 1 is 1.04 bits per heavy atom. The number of nitrogens with zero attached hydrogens (tertiary/aromatic N) is 1. The van der Waals surface area contributed by atoms with E-state index in [0.29, 0.717) is 19.7 Å². The number of imide groups is 1. The maximum Gasteiger partial charge on any atom is 0.321 e. The number of amides is 3. The van der Waals surface area contributed by atoms with Gasteiger partial charge in [0.2, 0.25) is 5.91 Å². The number of para-hydroxylation sites is 1. The van der Waals surface area contributed by atoms with Crippen molar-refractivity contribution in [2.24, 2.45) is 0 Å². The first-order chi connectivity index (χ1) is 12.6. The van der Waals surface area contributed by atoms with Gasteiger partial charge in [-0.25, -0.2) is 4.79 Å². The molecule has 0 aliphatic rings. The van der Waals surface area contributed by atoms with Gasteiger partial charge in [0.15, 0.2) is 0 Å². The number of urea groups is 1. The van der Waals surface area contributed by atoms with Gasteiger partial charge in [-0.15, -0.1) is 0 Å². The third-order valence-electron chi connectivity index (χ3n) is 3.83. The molecular formula is C20H25N3O3. The van der Waals surface area contributed by atoms with Gasteiger partial charge in [0.25, 0.3) is 0 Å². The summed E-state index contributed by atoms with van der Waals surface area (Å²) < 4.78 is 5.71. The molecule has 138 valence electrons. The van der Waals surface area contributed by atoms with Crippen molar-refractivity contribution in [3.8, 4) is 5.75 Å². The van der Waals surface area contributed by atoms with E-state index in [1.54, 1.807) is 6.92 Å². The lowest BCUT2D eigenvalue weighted by molar-refractivity contribution is -0.125. The molecule has 0 aliphatic heterocycles. The van der Waals surface area contributed by atoms with Crippen molar-refractivity contribution in [2.45, 2.75) is 13.0 Å². The maximum absolute atomic E-state index is 12.6. The molecule has 0 fully saturated rings. The average Bonchev–Trinajstić information content (AvgIpc) is 2.64. The van der Waals surface area contributed by atoms with Crippen molar-refractivity contribution in [1.29, 1.82) is 0 Å². The molecule has 0 bridgehead atoms. The average molecular weight is 355 g/mol. The summed E-state index contributed by atoms with van der Waals surface area (Å²) in [4.78, 5) is 26.2. The highest BCUT2D eigenvalue weighted by Gasteiger charge is 2.26. The Balaban J connectivity index is 2.02. The Hall–Kier alpha value is -2.86. The number of hydrogen-bond donors (Lipinski definition) is 2. The second kappa shape index (κ2) is 10.2. The van der Waals surface area contributed by atoms with Crippen LogP contribution in [0, 0.1) is 0 Å². The molecule has 2 aromatic rings. The quantitative estimate of drug-likeness (QED) is 0.764. The Labute approximate surface area is 154 Å². The lowest BCUT2D eigenvalue weighted by atomic mass is 10.0. The number of carbonyl (C=O) groups excluding carboxylic acids is 2. The third-order valence-corrected chi connectivity index (χ3v) is 3.83. The van der Waals surface area contributed by atoms with Gasteiger partial charge in [-0.05, 0) is 31.7 Å². The molecule has 2 rings (SSSR count). The molecule has 6 heteroatoms. The van der Waals surface area contributed by atoms with Gasteiger partial charge in [0.05, 0.1) is 0 Å². The zero-order valence-electron chi connectivity index (χ0n) is 15.1. The number of likely N-dealkylation sites (N-methyl/N-ethyl adjacent to an activating group) is 1. The highest BCUT2D eigenvalue weighted by Crippen LogP contribution is 2.19. The number of benzene rings is 2. The van der Waals surface area contributed by atoms with Gasteiger partial charge < -0.3 is 10.1 Å². The fourth-order valence-corrected chi connectivity index (χ4v) is 2.58. The monoisotopic (exact) mass is 355 g/mol. The predicted molar refractivity (Wildman–Crippen MR) is 101 cm³/mol. The standard InChI is InChI=1S/C20H25N3O3/c1-3-21-20(25)22-19(24)18(16-10-6-4-7-11-16)23(2)14-15-26-17-12-8-5-9-13-17/h4-13,18H,3,14-15H2,1-2H3,(H2,21,22,24,25)/t18-/m0/s1. The van der Waals surface area contributed by atoms with E-state index in [9.17, 15) is 9.59 Å². The van der Waals surface area contributed by atoms with E-state index in [1.807, 2.05) is 72.6 Å². The van der Waals surface area contributed by atoms with Gasteiger partial charge >= 0.3 is 6.03 Å². The van der Waals surface area contributed by atoms with Crippen LogP contribution in [0.15, 0.2) is 60.7 Å². The third kappa shape index (κ3) is 5.89. The van der Waals surface area contributed by atoms with Crippen molar-refractivity contribution in [3.63, 3.8) is 0 Å². The van der Waals surface area contributed by atoms with E-state index in [-0.39, 0.29) is 5.91 Å². The molecule has 1 atom stereocenters. The van der Waals surface area contributed by atoms with Gasteiger partial charge in [-0.1, -0.05) is 48.5 Å². The van der Waals surface area contributed by atoms with Gasteiger partial charge in [-0.3, -0.25) is 15.0 Å². The molecule has 26 heavy (non-hydrogen) atoms. The summed E-state index contributed by atoms with van der Waals surface area (Å²) >= 11 is 0. The SMILES string of the molecule is CCNC(=O)NC(=O)[C@H](c1ccccc1)N(C)CCOc1ccccc1. The van der Waals surface area contributed by atoms with Gasteiger partial charge in [-0.2, -0.15) is 0 Å². The zero-order valence-corrected chi connectivity index (χ0v) is 15.1. The predicted octanol–water partition coefficient (Wildman–Crippen LogP) is 2.58. The van der Waals surface area contributed by atoms with Crippen LogP contribution in [0.25, 0.3) is 0 Å². The molecule has 0 unspecified atom stereocenters. The van der Waals surface area contributed by atoms with Crippen molar-refractivity contribution in [2.75, 3.05) is 26.7 Å². The Bertz CT molecular complexity index is 692. The molecule has 0 radical (unpaired) electrons. The molecule has 0 saturated carbocycles. The lowest BCUT2D eigenvalue weighted by Crippen LogP contribution is -2.46. The summed E-state index contributed by atoms with van der Waals surface area (Å²) in [5.74, 6) is 0.410. The number of rotatable bonds is 8. The van der Waals surface area contributed by atoms with Crippen molar-refractivity contribution >= 4 is 11.9 Å². The largest absolute Gasteiger partial charge is 0.492 e. The fourth-order valence-electron chi connectivity index (χ4n) is 2.58. The molecule has 0 heterocycles. The van der Waals surface area contributed by atoms with Crippen LogP contribution in [0.5, 0.6) is 5.75 Å². The maximum atomic E-state index is 12.6. The summed E-state index contributed by atoms with van der Waals surface area (Å²) in [5, 5.41) is 4.97. The van der Waals surface area contributed by atoms with E-state index in [1.165, 1.54) is 0 Å². The number of ether oxygens (including phenoxy) is 1. The summed E-state index contributed by atoms with van der Waals surface area (Å²) in [7, 11) is 1.84. The summed E-state index contributed by atoms with van der Waals surface area (Å²) in [6, 6.07) is 17.8. The van der Waals surface area contributed by atoms with Crippen molar-refractivity contribution < 1.29 is 14.3 Å². The van der Waals surface area contributed by atoms with Crippen LogP contribution < -0.4 is 15.4 Å². The number of hydrogen-bond acceptors (Lipinski definition) is 4. The molecule has 3 amide bonds. The highest BCUT2D eigenvalue weighted by molar-refractivity contribution is 5.97. The van der Waals surface area contributed by atoms with Gasteiger partial charge in [0.1, 0.15) is 18.4 Å². The molecule has 0 aliphatic carbocycles. The topological polar surface area (TPSA) is 70.7 Å². The van der Waals surface area contributed by atoms with E-state index >= 15 is 0 Å². The smallest absolute Gasteiger partial charge is 0.321 e. The Morgan fingerprint density at radius 2 is 1.65 bits per heavy atom. The number of carbonyl (C=O) groups is 2. The lowest BCUT2D eigenvalue weighted by Gasteiger charge is -2.27. The van der Waals surface area contributed by atoms with Crippen LogP contribution in [0.3, 0.4) is 0 Å². The Morgan fingerprint density at radius 3 is 2.27 bits per heavy atom. The van der Waals surface area contributed by atoms with E-state index in [4.69, 9.17) is 4.74 Å². The molecule has 2 aromatic carbocycles. The fraction of sp³-hybridized carbons (Fsp3) is 0.300. The summed E-state index contributed by atoms with van der Waals surface area (Å²) in [6.07, 6.45) is 0. The minimum Gasteiger partial charge on any atom is -0.492 e.